The first kappa shape index (κ1) is 8.74. The van der Waals surface area contributed by atoms with Gasteiger partial charge in [-0.15, -0.1) is 0 Å². The van der Waals surface area contributed by atoms with Gasteiger partial charge in [-0.3, -0.25) is 4.79 Å². The third-order valence-electron chi connectivity index (χ3n) is 1.27. The van der Waals surface area contributed by atoms with E-state index < -0.39 is 0 Å². The Morgan fingerprint density at radius 1 is 1.67 bits per heavy atom. The van der Waals surface area contributed by atoms with Crippen LogP contribution in [0.2, 0.25) is 0 Å². The molecule has 0 aliphatic rings. The van der Waals surface area contributed by atoms with Gasteiger partial charge in [0, 0.05) is 12.7 Å². The molecule has 1 radical (unpaired) electrons. The average molecular weight is 165 g/mol. The molecule has 0 saturated carbocycles. The molecule has 0 fully saturated rings. The third-order valence-corrected chi connectivity index (χ3v) is 1.27. The van der Waals surface area contributed by atoms with Crippen LogP contribution in [0.3, 0.4) is 0 Å². The van der Waals surface area contributed by atoms with E-state index in [1.165, 1.54) is 7.11 Å². The monoisotopic (exact) mass is 165 g/mol. The number of carbonyl (C=O) groups is 1. The van der Waals surface area contributed by atoms with E-state index in [1.807, 2.05) is 0 Å². The van der Waals surface area contributed by atoms with Gasteiger partial charge in [-0.25, -0.2) is 0 Å². The van der Waals surface area contributed by atoms with Crippen LogP contribution in [0, 0.1) is 6.07 Å². The SMILES string of the molecule is COCOc1cc[c]c(C=O)c1. The van der Waals surface area contributed by atoms with Crippen molar-refractivity contribution in [1.82, 2.24) is 0 Å². The smallest absolute Gasteiger partial charge is 0.188 e. The fraction of sp³-hybridized carbons (Fsp3) is 0.222. The zero-order valence-corrected chi connectivity index (χ0v) is 6.74. The zero-order valence-electron chi connectivity index (χ0n) is 6.74. The summed E-state index contributed by atoms with van der Waals surface area (Å²) in [6.45, 7) is 0.183. The van der Waals surface area contributed by atoms with E-state index >= 15 is 0 Å². The molecule has 0 aromatic heterocycles. The lowest BCUT2D eigenvalue weighted by atomic mass is 10.2. The molecule has 0 spiro atoms. The van der Waals surface area contributed by atoms with Gasteiger partial charge in [0.05, 0.1) is 0 Å². The minimum atomic E-state index is 0.183. The first-order valence-corrected chi connectivity index (χ1v) is 3.45. The highest BCUT2D eigenvalue weighted by Crippen LogP contribution is 2.10. The second-order valence-electron chi connectivity index (χ2n) is 2.15. The molecule has 12 heavy (non-hydrogen) atoms. The molecule has 0 bridgehead atoms. The number of benzene rings is 1. The van der Waals surface area contributed by atoms with Gasteiger partial charge in [0.2, 0.25) is 0 Å². The Labute approximate surface area is 70.9 Å². The van der Waals surface area contributed by atoms with E-state index in [0.29, 0.717) is 11.3 Å². The van der Waals surface area contributed by atoms with Gasteiger partial charge in [0.15, 0.2) is 13.1 Å². The van der Waals surface area contributed by atoms with Crippen LogP contribution in [0.1, 0.15) is 10.4 Å². The average Bonchev–Trinajstić information content (AvgIpc) is 2.15. The lowest BCUT2D eigenvalue weighted by Crippen LogP contribution is -1.98. The predicted octanol–water partition coefficient (Wildman–Crippen LogP) is 1.28. The first-order valence-electron chi connectivity index (χ1n) is 3.45. The Kier molecular flexibility index (Phi) is 3.29. The Morgan fingerprint density at radius 3 is 3.17 bits per heavy atom. The Morgan fingerprint density at radius 2 is 2.50 bits per heavy atom. The molecule has 0 N–H and O–H groups in total. The van der Waals surface area contributed by atoms with E-state index in [0.717, 1.165) is 6.29 Å². The Hall–Kier alpha value is -1.35. The molecule has 3 nitrogen and oxygen atoms in total. The number of carbonyl (C=O) groups excluding carboxylic acids is 1. The van der Waals surface area contributed by atoms with Crippen molar-refractivity contribution in [3.05, 3.63) is 29.8 Å². The summed E-state index contributed by atoms with van der Waals surface area (Å²) in [6, 6.07) is 7.70. The van der Waals surface area contributed by atoms with Crippen LogP contribution in [0.25, 0.3) is 0 Å². The number of ether oxygens (including phenoxy) is 2. The molecule has 0 amide bonds. The molecule has 63 valence electrons. The summed E-state index contributed by atoms with van der Waals surface area (Å²) >= 11 is 0. The molecule has 0 aliphatic heterocycles. The van der Waals surface area contributed by atoms with Crippen molar-refractivity contribution < 1.29 is 14.3 Å². The van der Waals surface area contributed by atoms with Crippen LogP contribution in [0.4, 0.5) is 0 Å². The van der Waals surface area contributed by atoms with E-state index in [-0.39, 0.29) is 6.79 Å². The predicted molar refractivity (Wildman–Crippen MR) is 43.2 cm³/mol. The summed E-state index contributed by atoms with van der Waals surface area (Å²) in [5.41, 5.74) is 0.476. The van der Waals surface area contributed by atoms with Crippen LogP contribution in [0.15, 0.2) is 18.2 Å². The maximum Gasteiger partial charge on any atom is 0.188 e. The van der Waals surface area contributed by atoms with Gasteiger partial charge < -0.3 is 9.47 Å². The molecule has 0 saturated heterocycles. The highest BCUT2D eigenvalue weighted by molar-refractivity contribution is 5.74. The fourth-order valence-electron chi connectivity index (χ4n) is 0.748. The van der Waals surface area contributed by atoms with Crippen molar-refractivity contribution >= 4 is 6.29 Å². The van der Waals surface area contributed by atoms with Gasteiger partial charge in [-0.05, 0) is 24.3 Å². The molecule has 0 unspecified atom stereocenters. The van der Waals surface area contributed by atoms with Gasteiger partial charge in [-0.2, -0.15) is 0 Å². The van der Waals surface area contributed by atoms with Crippen molar-refractivity contribution in [2.45, 2.75) is 0 Å². The summed E-state index contributed by atoms with van der Waals surface area (Å²) in [5.74, 6) is 0.609. The van der Waals surface area contributed by atoms with Gasteiger partial charge in [0.25, 0.3) is 0 Å². The molecule has 0 heterocycles. The second kappa shape index (κ2) is 4.51. The largest absolute Gasteiger partial charge is 0.468 e. The Bertz CT molecular complexity index is 258. The Balaban J connectivity index is 2.66. The highest BCUT2D eigenvalue weighted by atomic mass is 16.7. The maximum absolute atomic E-state index is 10.3. The topological polar surface area (TPSA) is 35.5 Å². The van der Waals surface area contributed by atoms with E-state index in [2.05, 4.69) is 6.07 Å². The van der Waals surface area contributed by atoms with E-state index in [4.69, 9.17) is 9.47 Å². The summed E-state index contributed by atoms with van der Waals surface area (Å²) in [7, 11) is 1.54. The van der Waals surface area contributed by atoms with Crippen LogP contribution in [0.5, 0.6) is 5.75 Å². The molecule has 0 aliphatic carbocycles. The minimum absolute atomic E-state index is 0.183. The quantitative estimate of drug-likeness (QED) is 0.498. The third kappa shape index (κ3) is 2.36. The lowest BCUT2D eigenvalue weighted by Gasteiger charge is -2.03. The van der Waals surface area contributed by atoms with Crippen molar-refractivity contribution in [3.63, 3.8) is 0 Å². The molecule has 1 rings (SSSR count). The lowest BCUT2D eigenvalue weighted by molar-refractivity contribution is 0.0510. The highest BCUT2D eigenvalue weighted by Gasteiger charge is 1.94. The number of hydrogen-bond donors (Lipinski definition) is 0. The molecule has 1 aromatic carbocycles. The van der Waals surface area contributed by atoms with Gasteiger partial charge >= 0.3 is 0 Å². The molecular formula is C9H9O3. The number of rotatable bonds is 4. The minimum Gasteiger partial charge on any atom is -0.468 e. The van der Waals surface area contributed by atoms with Crippen LogP contribution in [-0.4, -0.2) is 20.2 Å². The van der Waals surface area contributed by atoms with Gasteiger partial charge in [0.1, 0.15) is 5.75 Å². The molecule has 3 heteroatoms. The first-order chi connectivity index (χ1) is 5.86. The maximum atomic E-state index is 10.3. The normalized spacial score (nSPS) is 9.42. The van der Waals surface area contributed by atoms with Crippen LogP contribution >= 0.6 is 0 Å². The van der Waals surface area contributed by atoms with E-state index in [1.54, 1.807) is 18.2 Å². The summed E-state index contributed by atoms with van der Waals surface area (Å²) < 4.78 is 9.80. The van der Waals surface area contributed by atoms with Crippen LogP contribution < -0.4 is 4.74 Å². The fourth-order valence-corrected chi connectivity index (χ4v) is 0.748. The summed E-state index contributed by atoms with van der Waals surface area (Å²) in [6.07, 6.45) is 0.722. The molecule has 1 aromatic rings. The van der Waals surface area contributed by atoms with Crippen LogP contribution in [-0.2, 0) is 4.74 Å². The summed E-state index contributed by atoms with van der Waals surface area (Å²) in [5, 5.41) is 0. The van der Waals surface area contributed by atoms with Crippen molar-refractivity contribution in [1.29, 1.82) is 0 Å². The van der Waals surface area contributed by atoms with E-state index in [9.17, 15) is 4.79 Å². The number of hydrogen-bond acceptors (Lipinski definition) is 3. The van der Waals surface area contributed by atoms with Crippen molar-refractivity contribution in [2.24, 2.45) is 0 Å². The second-order valence-corrected chi connectivity index (χ2v) is 2.15. The van der Waals surface area contributed by atoms with Gasteiger partial charge in [-0.1, -0.05) is 0 Å². The number of aldehydes is 1. The van der Waals surface area contributed by atoms with Crippen molar-refractivity contribution in [3.8, 4) is 5.75 Å². The summed E-state index contributed by atoms with van der Waals surface area (Å²) in [4.78, 5) is 10.3. The zero-order chi connectivity index (χ0) is 8.81. The number of methoxy groups -OCH3 is 1. The molecular weight excluding hydrogens is 156 g/mol. The van der Waals surface area contributed by atoms with Crippen molar-refractivity contribution in [2.75, 3.05) is 13.9 Å². The molecule has 0 atom stereocenters. The standard InChI is InChI=1S/C9H9O3/c1-11-7-12-9-4-2-3-8(5-9)6-10/h2,4-6H,7H2,1H3.